The lowest BCUT2D eigenvalue weighted by Gasteiger charge is -2.26. The van der Waals surface area contributed by atoms with Crippen molar-refractivity contribution in [1.82, 2.24) is 4.90 Å². The number of aliphatic hydroxyl groups excluding tert-OH is 1. The molecule has 106 valence electrons. The highest BCUT2D eigenvalue weighted by Gasteiger charge is 2.14. The van der Waals surface area contributed by atoms with Gasteiger partial charge in [0.15, 0.2) is 0 Å². The quantitative estimate of drug-likeness (QED) is 0.827. The zero-order valence-electron chi connectivity index (χ0n) is 12.1. The van der Waals surface area contributed by atoms with Gasteiger partial charge in [0.1, 0.15) is 0 Å². The third kappa shape index (κ3) is 5.40. The van der Waals surface area contributed by atoms with E-state index in [2.05, 4.69) is 30.9 Å². The molecule has 0 amide bonds. The zero-order chi connectivity index (χ0) is 15.0. The summed E-state index contributed by atoms with van der Waals surface area (Å²) in [6.45, 7) is 6.27. The first-order valence-corrected chi connectivity index (χ1v) is 6.84. The first kappa shape index (κ1) is 16.2. The van der Waals surface area contributed by atoms with Crippen molar-refractivity contribution >= 4 is 0 Å². The molecule has 0 spiro atoms. The van der Waals surface area contributed by atoms with Crippen molar-refractivity contribution < 1.29 is 5.11 Å². The maximum atomic E-state index is 10.3. The van der Waals surface area contributed by atoms with Crippen LogP contribution in [0.4, 0.5) is 0 Å². The fourth-order valence-corrected chi connectivity index (χ4v) is 2.11. The van der Waals surface area contributed by atoms with Gasteiger partial charge in [0.05, 0.1) is 23.8 Å². The molecule has 0 heterocycles. The van der Waals surface area contributed by atoms with E-state index in [0.29, 0.717) is 31.0 Å². The molecule has 0 saturated carbocycles. The fourth-order valence-electron chi connectivity index (χ4n) is 2.11. The Morgan fingerprint density at radius 2 is 1.80 bits per heavy atom. The van der Waals surface area contributed by atoms with Crippen LogP contribution in [0, 0.1) is 28.6 Å². The molecule has 1 rings (SSSR count). The van der Waals surface area contributed by atoms with Crippen LogP contribution in [-0.2, 0) is 0 Å². The highest BCUT2D eigenvalue weighted by atomic mass is 16.3. The lowest BCUT2D eigenvalue weighted by Crippen LogP contribution is -2.32. The maximum absolute atomic E-state index is 10.3. The second-order valence-electron chi connectivity index (χ2n) is 5.31. The van der Waals surface area contributed by atoms with E-state index in [0.717, 1.165) is 12.1 Å². The van der Waals surface area contributed by atoms with Gasteiger partial charge in [0, 0.05) is 26.1 Å². The van der Waals surface area contributed by atoms with Gasteiger partial charge in [-0.1, -0.05) is 26.0 Å². The van der Waals surface area contributed by atoms with Crippen LogP contribution < -0.4 is 0 Å². The van der Waals surface area contributed by atoms with Gasteiger partial charge in [-0.15, -0.1) is 0 Å². The van der Waals surface area contributed by atoms with Gasteiger partial charge in [-0.05, 0) is 23.6 Å². The minimum absolute atomic E-state index is 0.465. The summed E-state index contributed by atoms with van der Waals surface area (Å²) < 4.78 is 0. The van der Waals surface area contributed by atoms with Gasteiger partial charge in [0.25, 0.3) is 0 Å². The lowest BCUT2D eigenvalue weighted by atomic mass is 10.1. The molecular weight excluding hydrogens is 250 g/mol. The van der Waals surface area contributed by atoms with E-state index >= 15 is 0 Å². The monoisotopic (exact) mass is 271 g/mol. The van der Waals surface area contributed by atoms with Crippen molar-refractivity contribution in [3.63, 3.8) is 0 Å². The van der Waals surface area contributed by atoms with E-state index in [1.54, 1.807) is 24.3 Å². The van der Waals surface area contributed by atoms with Crippen molar-refractivity contribution in [3.8, 4) is 12.1 Å². The van der Waals surface area contributed by atoms with E-state index in [-0.39, 0.29) is 0 Å². The van der Waals surface area contributed by atoms with Crippen LogP contribution >= 0.6 is 0 Å². The van der Waals surface area contributed by atoms with Gasteiger partial charge in [0.2, 0.25) is 0 Å². The Morgan fingerprint density at radius 3 is 2.30 bits per heavy atom. The van der Waals surface area contributed by atoms with Crippen molar-refractivity contribution in [2.75, 3.05) is 19.6 Å². The molecule has 20 heavy (non-hydrogen) atoms. The number of benzene rings is 1. The number of aliphatic hydroxyl groups is 1. The van der Waals surface area contributed by atoms with Gasteiger partial charge < -0.3 is 5.11 Å². The third-order valence-corrected chi connectivity index (χ3v) is 3.02. The molecule has 1 N–H and O–H groups in total. The summed E-state index contributed by atoms with van der Waals surface area (Å²) in [5, 5.41) is 27.7. The molecule has 0 radical (unpaired) electrons. The Morgan fingerprint density at radius 1 is 1.15 bits per heavy atom. The first-order valence-electron chi connectivity index (χ1n) is 6.84. The van der Waals surface area contributed by atoms with Crippen molar-refractivity contribution in [1.29, 1.82) is 10.5 Å². The summed E-state index contributed by atoms with van der Waals surface area (Å²) >= 11 is 0. The molecule has 1 aromatic rings. The molecule has 1 atom stereocenters. The van der Waals surface area contributed by atoms with E-state index in [9.17, 15) is 5.11 Å². The molecule has 0 aliphatic heterocycles. The van der Waals surface area contributed by atoms with Crippen molar-refractivity contribution in [2.45, 2.75) is 26.4 Å². The topological polar surface area (TPSA) is 71.1 Å². The van der Waals surface area contributed by atoms with Crippen molar-refractivity contribution in [2.24, 2.45) is 5.92 Å². The predicted molar refractivity (Wildman–Crippen MR) is 77.6 cm³/mol. The Balaban J connectivity index is 2.66. The predicted octanol–water partition coefficient (Wildman–Crippen LogP) is 2.46. The molecular formula is C16H21N3O. The highest BCUT2D eigenvalue weighted by Crippen LogP contribution is 2.16. The molecule has 0 aromatic heterocycles. The second kappa shape index (κ2) is 8.32. The fraction of sp³-hybridized carbons (Fsp3) is 0.500. The molecule has 0 fully saturated rings. The van der Waals surface area contributed by atoms with E-state index in [1.165, 1.54) is 0 Å². The van der Waals surface area contributed by atoms with Crippen LogP contribution in [0.15, 0.2) is 24.3 Å². The van der Waals surface area contributed by atoms with Crippen LogP contribution in [0.1, 0.15) is 37.5 Å². The number of hydrogen-bond donors (Lipinski definition) is 1. The zero-order valence-corrected chi connectivity index (χ0v) is 12.1. The first-order chi connectivity index (χ1) is 9.56. The lowest BCUT2D eigenvalue weighted by molar-refractivity contribution is 0.107. The Bertz CT molecular complexity index is 482. The van der Waals surface area contributed by atoms with E-state index < -0.39 is 6.10 Å². The molecule has 4 heteroatoms. The summed E-state index contributed by atoms with van der Waals surface area (Å²) in [5.41, 5.74) is 1.39. The van der Waals surface area contributed by atoms with Crippen LogP contribution in [0.25, 0.3) is 0 Å². The molecule has 0 aliphatic rings. The van der Waals surface area contributed by atoms with Gasteiger partial charge in [-0.3, -0.25) is 4.90 Å². The Kier molecular flexibility index (Phi) is 6.73. The largest absolute Gasteiger partial charge is 0.387 e. The molecule has 0 aliphatic carbocycles. The average Bonchev–Trinajstić information content (AvgIpc) is 2.44. The van der Waals surface area contributed by atoms with Crippen LogP contribution in [0.5, 0.6) is 0 Å². The normalized spacial score (nSPS) is 12.2. The van der Waals surface area contributed by atoms with Gasteiger partial charge in [-0.2, -0.15) is 10.5 Å². The minimum atomic E-state index is -0.597. The summed E-state index contributed by atoms with van der Waals surface area (Å²) in [5.74, 6) is 0.488. The molecule has 1 unspecified atom stereocenters. The van der Waals surface area contributed by atoms with E-state index in [4.69, 9.17) is 10.5 Å². The summed E-state index contributed by atoms with van der Waals surface area (Å²) in [6.07, 6.45) is -0.132. The summed E-state index contributed by atoms with van der Waals surface area (Å²) in [6, 6.07) is 11.2. The number of nitrogens with zero attached hydrogens (tertiary/aromatic N) is 3. The smallest absolute Gasteiger partial charge is 0.0991 e. The molecule has 0 saturated heterocycles. The second-order valence-corrected chi connectivity index (χ2v) is 5.31. The Hall–Kier alpha value is -1.88. The molecule has 4 nitrogen and oxygen atoms in total. The van der Waals surface area contributed by atoms with Crippen LogP contribution in [-0.4, -0.2) is 29.6 Å². The molecule has 0 bridgehead atoms. The van der Waals surface area contributed by atoms with Crippen molar-refractivity contribution in [3.05, 3.63) is 35.4 Å². The highest BCUT2D eigenvalue weighted by molar-refractivity contribution is 5.32. The number of nitriles is 2. The van der Waals surface area contributed by atoms with Gasteiger partial charge >= 0.3 is 0 Å². The van der Waals surface area contributed by atoms with Gasteiger partial charge in [-0.25, -0.2) is 0 Å². The average molecular weight is 271 g/mol. The van der Waals surface area contributed by atoms with Crippen LogP contribution in [0.3, 0.4) is 0 Å². The summed E-state index contributed by atoms with van der Waals surface area (Å²) in [7, 11) is 0. The standard InChI is InChI=1S/C16H21N3O/c1-13(2)11-19(9-3-8-17)12-16(20)15-6-4-14(10-18)5-7-15/h4-7,13,16,20H,3,9,11-12H2,1-2H3. The minimum Gasteiger partial charge on any atom is -0.387 e. The third-order valence-electron chi connectivity index (χ3n) is 3.02. The number of hydrogen-bond acceptors (Lipinski definition) is 4. The van der Waals surface area contributed by atoms with E-state index in [1.807, 2.05) is 0 Å². The SMILES string of the molecule is CC(C)CN(CCC#N)CC(O)c1ccc(C#N)cc1. The number of rotatable bonds is 7. The maximum Gasteiger partial charge on any atom is 0.0991 e. The molecule has 1 aromatic carbocycles. The van der Waals surface area contributed by atoms with Crippen LogP contribution in [0.2, 0.25) is 0 Å². The summed E-state index contributed by atoms with van der Waals surface area (Å²) in [4.78, 5) is 2.11. The Labute approximate surface area is 120 Å².